The molecule has 1 saturated heterocycles. The number of benzene rings is 1. The number of ether oxygens (including phenoxy) is 2. The van der Waals surface area contributed by atoms with E-state index in [4.69, 9.17) is 4.74 Å². The van der Waals surface area contributed by atoms with Crippen molar-refractivity contribution < 1.29 is 23.5 Å². The van der Waals surface area contributed by atoms with Gasteiger partial charge in [-0.2, -0.15) is 0 Å². The fourth-order valence-corrected chi connectivity index (χ4v) is 2.94. The molecule has 0 radical (unpaired) electrons. The van der Waals surface area contributed by atoms with Gasteiger partial charge in [0.2, 0.25) is 5.91 Å². The van der Waals surface area contributed by atoms with Crippen LogP contribution in [0, 0.1) is 5.82 Å². The third-order valence-electron chi connectivity index (χ3n) is 3.94. The highest BCUT2D eigenvalue weighted by Gasteiger charge is 2.22. The van der Waals surface area contributed by atoms with E-state index in [9.17, 15) is 14.0 Å². The molecule has 0 aromatic heterocycles. The monoisotopic (exact) mass is 413 g/mol. The van der Waals surface area contributed by atoms with E-state index in [1.807, 2.05) is 0 Å². The molecule has 136 valence electrons. The normalized spacial score (nSPS) is 17.0. The lowest BCUT2D eigenvalue weighted by Crippen LogP contribution is -2.38. The van der Waals surface area contributed by atoms with Gasteiger partial charge < -0.3 is 14.4 Å². The molecule has 25 heavy (non-hydrogen) atoms. The van der Waals surface area contributed by atoms with E-state index in [1.165, 1.54) is 25.3 Å². The summed E-state index contributed by atoms with van der Waals surface area (Å²) in [5, 5.41) is 0. The number of carbonyl (C=O) groups excluding carboxylic acids is 2. The molecule has 0 bridgehead atoms. The Morgan fingerprint density at radius 1 is 1.48 bits per heavy atom. The number of methoxy groups -OCH3 is 1. The van der Waals surface area contributed by atoms with Crippen molar-refractivity contribution in [3.63, 3.8) is 0 Å². The summed E-state index contributed by atoms with van der Waals surface area (Å²) in [4.78, 5) is 25.4. The van der Waals surface area contributed by atoms with Crippen LogP contribution >= 0.6 is 15.9 Å². The lowest BCUT2D eigenvalue weighted by Gasteiger charge is -2.24. The second-order valence-corrected chi connectivity index (χ2v) is 6.66. The highest BCUT2D eigenvalue weighted by atomic mass is 79.9. The fraction of sp³-hybridized carbons (Fsp3) is 0.444. The van der Waals surface area contributed by atoms with Crippen LogP contribution in [0.5, 0.6) is 0 Å². The minimum Gasteiger partial charge on any atom is -0.469 e. The van der Waals surface area contributed by atoms with Crippen LogP contribution in [0.2, 0.25) is 0 Å². The van der Waals surface area contributed by atoms with E-state index in [0.717, 1.165) is 17.3 Å². The summed E-state index contributed by atoms with van der Waals surface area (Å²) in [5.41, 5.74) is 0.313. The summed E-state index contributed by atoms with van der Waals surface area (Å²) in [6.07, 6.45) is 4.67. The molecular formula is C18H21BrFNO4. The molecule has 1 aromatic carbocycles. The zero-order valence-electron chi connectivity index (χ0n) is 14.0. The van der Waals surface area contributed by atoms with E-state index < -0.39 is 5.82 Å². The quantitative estimate of drug-likeness (QED) is 0.508. The lowest BCUT2D eigenvalue weighted by molar-refractivity contribution is -0.141. The molecule has 1 amide bonds. The van der Waals surface area contributed by atoms with Crippen molar-refractivity contribution in [2.24, 2.45) is 0 Å². The molecule has 2 rings (SSSR count). The summed E-state index contributed by atoms with van der Waals surface area (Å²) in [6, 6.07) is 4.52. The van der Waals surface area contributed by atoms with E-state index in [1.54, 1.807) is 17.0 Å². The predicted molar refractivity (Wildman–Crippen MR) is 95.3 cm³/mol. The maximum absolute atomic E-state index is 13.8. The molecule has 0 saturated carbocycles. The lowest BCUT2D eigenvalue weighted by atomic mass is 10.2. The molecule has 0 aliphatic carbocycles. The van der Waals surface area contributed by atoms with Crippen LogP contribution in [0.25, 0.3) is 6.08 Å². The fourth-order valence-electron chi connectivity index (χ4n) is 2.56. The van der Waals surface area contributed by atoms with Crippen LogP contribution in [0.1, 0.15) is 24.8 Å². The smallest absolute Gasteiger partial charge is 0.307 e. The first-order valence-corrected chi connectivity index (χ1v) is 8.89. The zero-order chi connectivity index (χ0) is 18.2. The Bertz CT molecular complexity index is 644. The predicted octanol–water partition coefficient (Wildman–Crippen LogP) is 3.17. The van der Waals surface area contributed by atoms with Crippen molar-refractivity contribution in [1.82, 2.24) is 4.90 Å². The Balaban J connectivity index is 2.05. The average molecular weight is 414 g/mol. The molecule has 1 fully saturated rings. The number of rotatable bonds is 7. The number of nitrogens with zero attached hydrogens (tertiary/aromatic N) is 1. The highest BCUT2D eigenvalue weighted by molar-refractivity contribution is 9.10. The molecule has 7 heteroatoms. The van der Waals surface area contributed by atoms with Crippen molar-refractivity contribution in [2.45, 2.75) is 25.4 Å². The van der Waals surface area contributed by atoms with Gasteiger partial charge in [0.1, 0.15) is 5.82 Å². The van der Waals surface area contributed by atoms with Gasteiger partial charge in [0, 0.05) is 35.8 Å². The highest BCUT2D eigenvalue weighted by Crippen LogP contribution is 2.18. The van der Waals surface area contributed by atoms with E-state index in [-0.39, 0.29) is 30.9 Å². The SMILES string of the molecule is COC(=O)CCN(CC1CCCO1)C(=O)/C=C/c1cc(Br)ccc1F. The first-order valence-electron chi connectivity index (χ1n) is 8.10. The van der Waals surface area contributed by atoms with Gasteiger partial charge in [0.25, 0.3) is 0 Å². The van der Waals surface area contributed by atoms with Gasteiger partial charge in [-0.05, 0) is 37.1 Å². The first-order chi connectivity index (χ1) is 12.0. The van der Waals surface area contributed by atoms with Crippen LogP contribution in [-0.4, -0.2) is 49.7 Å². The van der Waals surface area contributed by atoms with Gasteiger partial charge in [0.15, 0.2) is 0 Å². The summed E-state index contributed by atoms with van der Waals surface area (Å²) in [5.74, 6) is -1.08. The second kappa shape index (κ2) is 9.68. The standard InChI is InChI=1S/C18H21BrFNO4/c1-24-18(23)8-9-21(12-15-3-2-10-25-15)17(22)7-4-13-11-14(19)5-6-16(13)20/h4-7,11,15H,2-3,8-10,12H2,1H3/b7-4+. The molecule has 0 N–H and O–H groups in total. The number of hydrogen-bond acceptors (Lipinski definition) is 4. The number of hydrogen-bond donors (Lipinski definition) is 0. The van der Waals surface area contributed by atoms with E-state index >= 15 is 0 Å². The van der Waals surface area contributed by atoms with Crippen molar-refractivity contribution in [2.75, 3.05) is 26.8 Å². The Morgan fingerprint density at radius 2 is 2.28 bits per heavy atom. The number of carbonyl (C=O) groups is 2. The largest absolute Gasteiger partial charge is 0.469 e. The third kappa shape index (κ3) is 6.25. The van der Waals surface area contributed by atoms with Gasteiger partial charge in [-0.3, -0.25) is 9.59 Å². The molecule has 1 aliphatic rings. The topological polar surface area (TPSA) is 55.8 Å². The maximum atomic E-state index is 13.8. The van der Waals surface area contributed by atoms with Crippen LogP contribution in [-0.2, 0) is 19.1 Å². The average Bonchev–Trinajstić information content (AvgIpc) is 3.11. The van der Waals surface area contributed by atoms with Crippen LogP contribution in [0.15, 0.2) is 28.7 Å². The minimum absolute atomic E-state index is 0.0300. The van der Waals surface area contributed by atoms with Crippen molar-refractivity contribution in [1.29, 1.82) is 0 Å². The first kappa shape index (κ1) is 19.6. The Kier molecular flexibility index (Phi) is 7.58. The van der Waals surface area contributed by atoms with Gasteiger partial charge in [-0.25, -0.2) is 4.39 Å². The molecule has 1 heterocycles. The van der Waals surface area contributed by atoms with Gasteiger partial charge in [-0.15, -0.1) is 0 Å². The summed E-state index contributed by atoms with van der Waals surface area (Å²) < 4.78 is 24.7. The molecule has 1 aliphatic heterocycles. The van der Waals surface area contributed by atoms with Crippen LogP contribution in [0.4, 0.5) is 4.39 Å². The van der Waals surface area contributed by atoms with Crippen molar-refractivity contribution >= 4 is 33.9 Å². The second-order valence-electron chi connectivity index (χ2n) is 5.74. The van der Waals surface area contributed by atoms with Crippen LogP contribution in [0.3, 0.4) is 0 Å². The van der Waals surface area contributed by atoms with E-state index in [0.29, 0.717) is 18.7 Å². The molecule has 0 spiro atoms. The number of amides is 1. The summed E-state index contributed by atoms with van der Waals surface area (Å²) in [7, 11) is 1.31. The molecule has 1 atom stereocenters. The zero-order valence-corrected chi connectivity index (χ0v) is 15.6. The Labute approximate surface area is 154 Å². The Hall–Kier alpha value is -1.73. The van der Waals surface area contributed by atoms with Crippen molar-refractivity contribution in [3.8, 4) is 0 Å². The molecular weight excluding hydrogens is 393 g/mol. The molecule has 1 unspecified atom stereocenters. The van der Waals surface area contributed by atoms with Crippen molar-refractivity contribution in [3.05, 3.63) is 40.1 Å². The summed E-state index contributed by atoms with van der Waals surface area (Å²) in [6.45, 7) is 1.32. The number of esters is 1. The minimum atomic E-state index is -0.410. The third-order valence-corrected chi connectivity index (χ3v) is 4.43. The van der Waals surface area contributed by atoms with Gasteiger partial charge in [0.05, 0.1) is 19.6 Å². The number of halogens is 2. The Morgan fingerprint density at radius 3 is 2.96 bits per heavy atom. The van der Waals surface area contributed by atoms with E-state index in [2.05, 4.69) is 20.7 Å². The van der Waals surface area contributed by atoms with Crippen LogP contribution < -0.4 is 0 Å². The van der Waals surface area contributed by atoms with Gasteiger partial charge >= 0.3 is 5.97 Å². The molecule has 5 nitrogen and oxygen atoms in total. The van der Waals surface area contributed by atoms with Gasteiger partial charge in [-0.1, -0.05) is 15.9 Å². The maximum Gasteiger partial charge on any atom is 0.307 e. The summed E-state index contributed by atoms with van der Waals surface area (Å²) >= 11 is 3.28. The molecule has 1 aromatic rings.